The Labute approximate surface area is 103 Å². The fraction of sp³-hybridized carbons (Fsp3) is 0.467. The number of para-hydroxylation sites is 1. The Balaban J connectivity index is 2.00. The van der Waals surface area contributed by atoms with Crippen LogP contribution in [0.4, 0.5) is 0 Å². The first kappa shape index (κ1) is 10.7. The number of hydrogen-bond acceptors (Lipinski definition) is 1. The van der Waals surface area contributed by atoms with E-state index in [0.717, 1.165) is 6.54 Å². The van der Waals surface area contributed by atoms with Crippen LogP contribution in [0.5, 0.6) is 0 Å². The van der Waals surface area contributed by atoms with Crippen molar-refractivity contribution in [2.75, 3.05) is 12.0 Å². The topological polar surface area (TPSA) is 17.0 Å². The molecule has 0 fully saturated rings. The summed E-state index contributed by atoms with van der Waals surface area (Å²) in [5.41, 5.74) is 6.34. The standard InChI is InChI=1S/C15H20N2/c1-2-4-8-13-12-17(16-11-7-3-1)15-10-6-5-9-14(13)15/h5-6,9-10,12,16H,1-4,7-8,11H2. The lowest BCUT2D eigenvalue weighted by Gasteiger charge is -2.08. The highest BCUT2D eigenvalue weighted by Crippen LogP contribution is 2.23. The molecule has 0 aliphatic carbocycles. The van der Waals surface area contributed by atoms with Crippen molar-refractivity contribution in [1.82, 2.24) is 4.68 Å². The molecule has 2 bridgehead atoms. The van der Waals surface area contributed by atoms with Gasteiger partial charge in [0.2, 0.25) is 0 Å². The van der Waals surface area contributed by atoms with E-state index < -0.39 is 0 Å². The van der Waals surface area contributed by atoms with E-state index in [1.54, 1.807) is 0 Å². The average molecular weight is 228 g/mol. The molecular formula is C15H20N2. The molecule has 0 atom stereocenters. The molecule has 2 aromatic rings. The van der Waals surface area contributed by atoms with Gasteiger partial charge in [-0.3, -0.25) is 4.68 Å². The molecule has 1 aromatic carbocycles. The Morgan fingerprint density at radius 1 is 0.941 bits per heavy atom. The monoisotopic (exact) mass is 228 g/mol. The Kier molecular flexibility index (Phi) is 3.04. The number of aromatic nitrogens is 1. The van der Waals surface area contributed by atoms with Gasteiger partial charge < -0.3 is 5.43 Å². The van der Waals surface area contributed by atoms with Crippen molar-refractivity contribution in [3.05, 3.63) is 36.0 Å². The highest BCUT2D eigenvalue weighted by atomic mass is 15.4. The van der Waals surface area contributed by atoms with E-state index in [9.17, 15) is 0 Å². The molecule has 3 rings (SSSR count). The van der Waals surface area contributed by atoms with Gasteiger partial charge in [0.1, 0.15) is 0 Å². The van der Waals surface area contributed by atoms with E-state index in [4.69, 9.17) is 0 Å². The Morgan fingerprint density at radius 3 is 2.76 bits per heavy atom. The van der Waals surface area contributed by atoms with Gasteiger partial charge in [0.05, 0.1) is 5.52 Å². The van der Waals surface area contributed by atoms with E-state index >= 15 is 0 Å². The summed E-state index contributed by atoms with van der Waals surface area (Å²) in [5, 5.41) is 1.42. The molecule has 1 aliphatic heterocycles. The predicted molar refractivity (Wildman–Crippen MR) is 73.0 cm³/mol. The molecule has 1 aromatic heterocycles. The smallest absolute Gasteiger partial charge is 0.0695 e. The maximum absolute atomic E-state index is 3.52. The van der Waals surface area contributed by atoms with Crippen LogP contribution in [-0.4, -0.2) is 11.2 Å². The summed E-state index contributed by atoms with van der Waals surface area (Å²) in [7, 11) is 0. The zero-order valence-electron chi connectivity index (χ0n) is 10.3. The third kappa shape index (κ3) is 2.17. The summed E-state index contributed by atoms with van der Waals surface area (Å²) in [6.45, 7) is 1.08. The Morgan fingerprint density at radius 2 is 1.76 bits per heavy atom. The lowest BCUT2D eigenvalue weighted by atomic mass is 10.0. The molecule has 2 nitrogen and oxygen atoms in total. The Bertz CT molecular complexity index is 455. The molecule has 1 aliphatic rings. The van der Waals surface area contributed by atoms with Crippen molar-refractivity contribution in [3.8, 4) is 0 Å². The SMILES string of the molecule is c1ccc2c(c1)c1cn2NCCCCCCC1. The second-order valence-electron chi connectivity index (χ2n) is 4.97. The van der Waals surface area contributed by atoms with Gasteiger partial charge >= 0.3 is 0 Å². The summed E-state index contributed by atoms with van der Waals surface area (Å²) in [6.07, 6.45) is 10.2. The Hall–Kier alpha value is -1.44. The fourth-order valence-corrected chi connectivity index (χ4v) is 2.75. The lowest BCUT2D eigenvalue weighted by Crippen LogP contribution is -2.14. The van der Waals surface area contributed by atoms with Crippen molar-refractivity contribution in [2.24, 2.45) is 0 Å². The summed E-state index contributed by atoms with van der Waals surface area (Å²) < 4.78 is 2.22. The molecule has 0 radical (unpaired) electrons. The first-order valence-corrected chi connectivity index (χ1v) is 6.78. The van der Waals surface area contributed by atoms with Gasteiger partial charge in [-0.1, -0.05) is 37.5 Å². The van der Waals surface area contributed by atoms with Gasteiger partial charge in [0, 0.05) is 18.1 Å². The van der Waals surface area contributed by atoms with Crippen molar-refractivity contribution < 1.29 is 0 Å². The zero-order chi connectivity index (χ0) is 11.5. The molecule has 17 heavy (non-hydrogen) atoms. The van der Waals surface area contributed by atoms with E-state index in [1.807, 2.05) is 0 Å². The van der Waals surface area contributed by atoms with Gasteiger partial charge in [-0.25, -0.2) is 0 Å². The van der Waals surface area contributed by atoms with Crippen molar-refractivity contribution in [1.29, 1.82) is 0 Å². The third-order valence-corrected chi connectivity index (χ3v) is 3.70. The van der Waals surface area contributed by atoms with Crippen LogP contribution in [0.15, 0.2) is 30.5 Å². The minimum absolute atomic E-state index is 1.08. The highest BCUT2D eigenvalue weighted by molar-refractivity contribution is 5.84. The van der Waals surface area contributed by atoms with E-state index in [0.29, 0.717) is 0 Å². The van der Waals surface area contributed by atoms with Gasteiger partial charge in [-0.05, 0) is 30.9 Å². The van der Waals surface area contributed by atoms with Gasteiger partial charge in [0.15, 0.2) is 0 Å². The van der Waals surface area contributed by atoms with E-state index in [2.05, 4.69) is 40.6 Å². The largest absolute Gasteiger partial charge is 0.326 e. The first-order chi connectivity index (χ1) is 8.45. The van der Waals surface area contributed by atoms with Crippen LogP contribution in [0, 0.1) is 0 Å². The van der Waals surface area contributed by atoms with Crippen LogP contribution in [0.25, 0.3) is 10.9 Å². The molecule has 2 heterocycles. The summed E-state index contributed by atoms with van der Waals surface area (Å²) >= 11 is 0. The van der Waals surface area contributed by atoms with Gasteiger partial charge in [-0.2, -0.15) is 0 Å². The lowest BCUT2D eigenvalue weighted by molar-refractivity contribution is 0.621. The maximum Gasteiger partial charge on any atom is 0.0695 e. The number of fused-ring (bicyclic) bond motifs is 5. The molecule has 0 saturated carbocycles. The number of aryl methyl sites for hydroxylation is 1. The maximum atomic E-state index is 3.52. The van der Waals surface area contributed by atoms with Crippen LogP contribution in [0.2, 0.25) is 0 Å². The number of nitrogens with zero attached hydrogens (tertiary/aromatic N) is 1. The van der Waals surface area contributed by atoms with Crippen molar-refractivity contribution in [3.63, 3.8) is 0 Å². The average Bonchev–Trinajstić information content (AvgIpc) is 2.68. The second kappa shape index (κ2) is 4.82. The van der Waals surface area contributed by atoms with Crippen molar-refractivity contribution in [2.45, 2.75) is 38.5 Å². The van der Waals surface area contributed by atoms with Crippen LogP contribution in [-0.2, 0) is 6.42 Å². The molecule has 0 amide bonds. The molecule has 2 heteroatoms. The van der Waals surface area contributed by atoms with Gasteiger partial charge in [-0.15, -0.1) is 0 Å². The molecule has 0 spiro atoms. The predicted octanol–water partition coefficient (Wildman–Crippen LogP) is 3.69. The van der Waals surface area contributed by atoms with Crippen LogP contribution >= 0.6 is 0 Å². The molecule has 0 saturated heterocycles. The molecule has 90 valence electrons. The van der Waals surface area contributed by atoms with Crippen LogP contribution in [0.1, 0.15) is 37.7 Å². The van der Waals surface area contributed by atoms with Crippen LogP contribution < -0.4 is 5.43 Å². The zero-order valence-corrected chi connectivity index (χ0v) is 10.3. The molecular weight excluding hydrogens is 208 g/mol. The molecule has 0 unspecified atom stereocenters. The van der Waals surface area contributed by atoms with E-state index in [1.165, 1.54) is 55.0 Å². The van der Waals surface area contributed by atoms with Gasteiger partial charge in [0.25, 0.3) is 0 Å². The van der Waals surface area contributed by atoms with E-state index in [-0.39, 0.29) is 0 Å². The minimum Gasteiger partial charge on any atom is -0.326 e. The second-order valence-corrected chi connectivity index (χ2v) is 4.97. The number of benzene rings is 1. The third-order valence-electron chi connectivity index (χ3n) is 3.70. The first-order valence-electron chi connectivity index (χ1n) is 6.78. The summed E-state index contributed by atoms with van der Waals surface area (Å²) in [6, 6.07) is 8.71. The highest BCUT2D eigenvalue weighted by Gasteiger charge is 2.08. The number of rotatable bonds is 0. The number of nitrogens with one attached hydrogen (secondary N) is 1. The molecule has 1 N–H and O–H groups in total. The van der Waals surface area contributed by atoms with Crippen LogP contribution in [0.3, 0.4) is 0 Å². The summed E-state index contributed by atoms with van der Waals surface area (Å²) in [4.78, 5) is 0. The minimum atomic E-state index is 1.08. The van der Waals surface area contributed by atoms with Crippen molar-refractivity contribution >= 4 is 10.9 Å². The fourth-order valence-electron chi connectivity index (χ4n) is 2.75. The normalized spacial score (nSPS) is 17.4. The number of hydrogen-bond donors (Lipinski definition) is 1. The quantitative estimate of drug-likeness (QED) is 0.727. The summed E-state index contributed by atoms with van der Waals surface area (Å²) in [5.74, 6) is 0.